The molecule has 0 unspecified atom stereocenters. The maximum Gasteiger partial charge on any atom is 0.355 e. The number of nitrogens with one attached hydrogen (secondary N) is 2. The first-order valence-corrected chi connectivity index (χ1v) is 9.33. The summed E-state index contributed by atoms with van der Waals surface area (Å²) >= 11 is 13.1. The molecule has 1 fully saturated rings. The number of carboxylic acids is 1. The second-order valence-electron chi connectivity index (χ2n) is 5.90. The van der Waals surface area contributed by atoms with Gasteiger partial charge < -0.3 is 20.3 Å². The van der Waals surface area contributed by atoms with E-state index in [1.54, 1.807) is 11.8 Å². The first-order valence-electron chi connectivity index (χ1n) is 7.70. The summed E-state index contributed by atoms with van der Waals surface area (Å²) in [7, 11) is 0. The van der Waals surface area contributed by atoms with E-state index in [2.05, 4.69) is 15.3 Å². The van der Waals surface area contributed by atoms with Gasteiger partial charge in [0.25, 0.3) is 5.91 Å². The van der Waals surface area contributed by atoms with Crippen molar-refractivity contribution >= 4 is 51.5 Å². The number of alkyl halides is 1. The number of aromatic amines is 1. The van der Waals surface area contributed by atoms with E-state index in [1.807, 2.05) is 0 Å². The zero-order valence-electron chi connectivity index (χ0n) is 13.6. The van der Waals surface area contributed by atoms with Crippen molar-refractivity contribution in [2.75, 3.05) is 18.0 Å². The van der Waals surface area contributed by atoms with E-state index < -0.39 is 24.1 Å². The molecule has 0 saturated carbocycles. The Labute approximate surface area is 162 Å². The summed E-state index contributed by atoms with van der Waals surface area (Å²) in [4.78, 5) is 31.7. The molecular formula is C15H15Cl2FN4O3S. The van der Waals surface area contributed by atoms with Crippen molar-refractivity contribution in [3.63, 3.8) is 0 Å². The molecule has 1 aliphatic rings. The number of halogens is 3. The van der Waals surface area contributed by atoms with Gasteiger partial charge in [0.15, 0.2) is 10.8 Å². The average Bonchev–Trinajstić information content (AvgIpc) is 3.18. The molecule has 2 aromatic heterocycles. The summed E-state index contributed by atoms with van der Waals surface area (Å²) < 4.78 is 14.5. The fourth-order valence-electron chi connectivity index (χ4n) is 2.72. The minimum Gasteiger partial charge on any atom is -0.476 e. The number of aryl methyl sites for hydroxylation is 1. The number of rotatable bonds is 4. The number of carbonyl (C=O) groups is 2. The Morgan fingerprint density at radius 2 is 2.19 bits per heavy atom. The summed E-state index contributed by atoms with van der Waals surface area (Å²) in [5.41, 5.74) is 0.603. The van der Waals surface area contributed by atoms with Crippen molar-refractivity contribution in [1.29, 1.82) is 0 Å². The molecule has 26 heavy (non-hydrogen) atoms. The molecule has 3 rings (SSSR count). The topological polar surface area (TPSA) is 98.3 Å². The lowest BCUT2D eigenvalue weighted by Crippen LogP contribution is -2.52. The number of hydrogen-bond acceptors (Lipinski definition) is 5. The second kappa shape index (κ2) is 7.42. The van der Waals surface area contributed by atoms with E-state index in [0.717, 1.165) is 11.3 Å². The van der Waals surface area contributed by atoms with Crippen LogP contribution in [-0.2, 0) is 0 Å². The Kier molecular flexibility index (Phi) is 5.40. The number of aromatic nitrogens is 2. The van der Waals surface area contributed by atoms with Crippen molar-refractivity contribution in [1.82, 2.24) is 15.3 Å². The number of thiazole rings is 1. The molecule has 140 valence electrons. The number of aromatic carboxylic acids is 1. The second-order valence-corrected chi connectivity index (χ2v) is 7.50. The molecule has 1 aliphatic heterocycles. The molecule has 3 N–H and O–H groups in total. The van der Waals surface area contributed by atoms with Gasteiger partial charge in [-0.25, -0.2) is 14.2 Å². The van der Waals surface area contributed by atoms with Crippen molar-refractivity contribution in [2.24, 2.45) is 0 Å². The van der Waals surface area contributed by atoms with Crippen LogP contribution in [0.5, 0.6) is 0 Å². The molecule has 1 saturated heterocycles. The zero-order valence-corrected chi connectivity index (χ0v) is 15.9. The van der Waals surface area contributed by atoms with Gasteiger partial charge in [0.1, 0.15) is 11.9 Å². The van der Waals surface area contributed by atoms with Gasteiger partial charge in [-0.1, -0.05) is 23.2 Å². The fraction of sp³-hybridized carbons (Fsp3) is 0.400. The first kappa shape index (κ1) is 18.9. The Morgan fingerprint density at radius 1 is 1.46 bits per heavy atom. The van der Waals surface area contributed by atoms with E-state index in [0.29, 0.717) is 23.8 Å². The lowest BCUT2D eigenvalue weighted by Gasteiger charge is -2.34. The van der Waals surface area contributed by atoms with Crippen LogP contribution < -0.4 is 10.2 Å². The van der Waals surface area contributed by atoms with Crippen LogP contribution in [-0.4, -0.2) is 52.3 Å². The monoisotopic (exact) mass is 420 g/mol. The third-order valence-electron chi connectivity index (χ3n) is 4.12. The summed E-state index contributed by atoms with van der Waals surface area (Å²) in [5, 5.41) is 13.8. The van der Waals surface area contributed by atoms with Crippen LogP contribution in [0.3, 0.4) is 0 Å². The molecule has 2 aromatic rings. The van der Waals surface area contributed by atoms with Crippen molar-refractivity contribution < 1.29 is 19.1 Å². The van der Waals surface area contributed by atoms with Crippen molar-refractivity contribution in [3.05, 3.63) is 32.5 Å². The number of H-pyrrole nitrogens is 1. The Bertz CT molecular complexity index is 856. The molecule has 2 atom stereocenters. The number of hydrogen-bond donors (Lipinski definition) is 3. The molecule has 0 spiro atoms. The molecule has 11 heteroatoms. The lowest BCUT2D eigenvalue weighted by atomic mass is 10.0. The molecular weight excluding hydrogens is 406 g/mol. The first-order chi connectivity index (χ1) is 12.3. The largest absolute Gasteiger partial charge is 0.476 e. The molecule has 7 nitrogen and oxygen atoms in total. The van der Waals surface area contributed by atoms with Crippen LogP contribution >= 0.6 is 34.5 Å². The van der Waals surface area contributed by atoms with E-state index in [1.165, 1.54) is 5.38 Å². The maximum atomic E-state index is 14.5. The third-order valence-corrected chi connectivity index (χ3v) is 5.97. The van der Waals surface area contributed by atoms with Crippen molar-refractivity contribution in [2.45, 2.75) is 25.6 Å². The van der Waals surface area contributed by atoms with Crippen LogP contribution in [0.4, 0.5) is 9.52 Å². The standard InChI is InChI=1S/C15H15Cl2FN4O3S/c1-6-10(16)11(17)12(19-6)13(23)20-8-2-3-22(4-7(8)18)15-21-9(5-26-15)14(24)25/h5,7-8,19H,2-4H2,1H3,(H,20,23)(H,24,25)/t7-,8+/m0/s1. The van der Waals surface area contributed by atoms with Crippen LogP contribution in [0.1, 0.15) is 33.1 Å². The van der Waals surface area contributed by atoms with E-state index in [4.69, 9.17) is 28.3 Å². The Hall–Kier alpha value is -1.84. The number of carbonyl (C=O) groups excluding carboxylic acids is 1. The normalized spacial score (nSPS) is 20.2. The van der Waals surface area contributed by atoms with Gasteiger partial charge in [0.2, 0.25) is 0 Å². The van der Waals surface area contributed by atoms with Gasteiger partial charge in [-0.05, 0) is 13.3 Å². The molecule has 0 bridgehead atoms. The van der Waals surface area contributed by atoms with E-state index in [-0.39, 0.29) is 28.0 Å². The van der Waals surface area contributed by atoms with Gasteiger partial charge >= 0.3 is 5.97 Å². The summed E-state index contributed by atoms with van der Waals surface area (Å²) in [6.45, 7) is 2.13. The SMILES string of the molecule is Cc1[nH]c(C(=O)N[C@@H]2CCN(c3nc(C(=O)O)cs3)C[C@@H]2F)c(Cl)c1Cl. The highest BCUT2D eigenvalue weighted by atomic mass is 35.5. The quantitative estimate of drug-likeness (QED) is 0.705. The molecule has 3 heterocycles. The van der Waals surface area contributed by atoms with Crippen LogP contribution in [0.2, 0.25) is 10.0 Å². The van der Waals surface area contributed by atoms with Gasteiger partial charge in [-0.3, -0.25) is 4.79 Å². The smallest absolute Gasteiger partial charge is 0.355 e. The zero-order chi connectivity index (χ0) is 19.0. The highest BCUT2D eigenvalue weighted by Crippen LogP contribution is 2.30. The molecule has 0 aromatic carbocycles. The minimum absolute atomic E-state index is 0.00968. The van der Waals surface area contributed by atoms with E-state index in [9.17, 15) is 14.0 Å². The number of anilines is 1. The summed E-state index contributed by atoms with van der Waals surface area (Å²) in [6, 6.07) is -0.684. The molecule has 0 radical (unpaired) electrons. The molecule has 1 amide bonds. The number of amides is 1. The van der Waals surface area contributed by atoms with Gasteiger partial charge in [-0.2, -0.15) is 0 Å². The van der Waals surface area contributed by atoms with Crippen molar-refractivity contribution in [3.8, 4) is 0 Å². The maximum absolute atomic E-state index is 14.5. The Balaban J connectivity index is 1.64. The van der Waals surface area contributed by atoms with Gasteiger partial charge in [0, 0.05) is 17.6 Å². The predicted molar refractivity (Wildman–Crippen MR) is 97.6 cm³/mol. The Morgan fingerprint density at radius 3 is 2.73 bits per heavy atom. The molecule has 0 aliphatic carbocycles. The fourth-order valence-corrected chi connectivity index (χ4v) is 3.97. The number of nitrogens with zero attached hydrogens (tertiary/aromatic N) is 2. The van der Waals surface area contributed by atoms with Crippen LogP contribution in [0, 0.1) is 6.92 Å². The third kappa shape index (κ3) is 3.65. The van der Waals surface area contributed by atoms with Gasteiger partial charge in [0.05, 0.1) is 22.6 Å². The minimum atomic E-state index is -1.34. The van der Waals surface area contributed by atoms with Crippen LogP contribution in [0.15, 0.2) is 5.38 Å². The summed E-state index contributed by atoms with van der Waals surface area (Å²) in [6.07, 6.45) is -0.991. The predicted octanol–water partition coefficient (Wildman–Crippen LogP) is 3.13. The van der Waals surface area contributed by atoms with Gasteiger partial charge in [-0.15, -0.1) is 11.3 Å². The van der Waals surface area contributed by atoms with Crippen LogP contribution in [0.25, 0.3) is 0 Å². The number of piperidine rings is 1. The number of carboxylic acid groups (broad SMARTS) is 1. The van der Waals surface area contributed by atoms with E-state index >= 15 is 0 Å². The lowest BCUT2D eigenvalue weighted by molar-refractivity contribution is 0.0691. The highest BCUT2D eigenvalue weighted by Gasteiger charge is 2.33. The average molecular weight is 421 g/mol. The highest BCUT2D eigenvalue weighted by molar-refractivity contribution is 7.13. The summed E-state index contributed by atoms with van der Waals surface area (Å²) in [5.74, 6) is -1.64.